The molecule has 1 atom stereocenters. The normalized spacial score (nSPS) is 18.7. The first kappa shape index (κ1) is 20.9. The van der Waals surface area contributed by atoms with Crippen molar-refractivity contribution in [2.24, 2.45) is 4.99 Å². The van der Waals surface area contributed by atoms with Gasteiger partial charge in [0.1, 0.15) is 0 Å². The molecule has 0 fully saturated rings. The first-order valence-corrected chi connectivity index (χ1v) is 10.9. The molecule has 28 heavy (non-hydrogen) atoms. The highest BCUT2D eigenvalue weighted by Crippen LogP contribution is 2.45. The first-order valence-electron chi connectivity index (χ1n) is 10.5. The monoisotopic (exact) mass is 396 g/mol. The van der Waals surface area contributed by atoms with Gasteiger partial charge in [0.05, 0.1) is 10.7 Å². The van der Waals surface area contributed by atoms with E-state index < -0.39 is 0 Å². The molecule has 2 nitrogen and oxygen atoms in total. The number of fused-ring (bicyclic) bond motifs is 1. The number of rotatable bonds is 5. The molecule has 1 heterocycles. The van der Waals surface area contributed by atoms with Crippen LogP contribution < -0.4 is 4.90 Å². The maximum absolute atomic E-state index is 6.68. The Hall–Kier alpha value is -1.80. The molecule has 1 unspecified atom stereocenters. The van der Waals surface area contributed by atoms with Gasteiger partial charge in [-0.1, -0.05) is 51.4 Å². The van der Waals surface area contributed by atoms with E-state index in [-0.39, 0.29) is 5.54 Å². The van der Waals surface area contributed by atoms with E-state index in [0.29, 0.717) is 11.8 Å². The van der Waals surface area contributed by atoms with E-state index >= 15 is 0 Å². The number of aliphatic imine (C=N–C) groups is 1. The Balaban J connectivity index is 1.93. The van der Waals surface area contributed by atoms with Crippen LogP contribution in [0.25, 0.3) is 0 Å². The lowest BCUT2D eigenvalue weighted by Crippen LogP contribution is -2.48. The quantitative estimate of drug-likeness (QED) is 0.472. The van der Waals surface area contributed by atoms with Crippen molar-refractivity contribution >= 4 is 29.2 Å². The number of nitrogens with zero attached hydrogens (tertiary/aromatic N) is 2. The fourth-order valence-corrected chi connectivity index (χ4v) is 4.56. The summed E-state index contributed by atoms with van der Waals surface area (Å²) < 4.78 is 0. The van der Waals surface area contributed by atoms with Crippen molar-refractivity contribution in [3.63, 3.8) is 0 Å². The summed E-state index contributed by atoms with van der Waals surface area (Å²) in [5, 5.41) is 0.771. The molecule has 0 bridgehead atoms. The predicted octanol–water partition coefficient (Wildman–Crippen LogP) is 7.72. The van der Waals surface area contributed by atoms with Gasteiger partial charge in [-0.2, -0.15) is 0 Å². The highest BCUT2D eigenvalue weighted by molar-refractivity contribution is 6.33. The standard InChI is InChI=1S/C25H33ClN2/c1-7-12-28-24-14-23(26)20(13-22(24)18(4)15-25(28,5)6)16-27-21-10-8-19(9-11-21)17(2)3/h8-11,13-14,16-18H,7,12,15H2,1-6H3. The zero-order valence-electron chi connectivity index (χ0n) is 18.1. The average Bonchev–Trinajstić information content (AvgIpc) is 2.63. The van der Waals surface area contributed by atoms with Crippen LogP contribution in [0.4, 0.5) is 11.4 Å². The van der Waals surface area contributed by atoms with Gasteiger partial charge in [0.25, 0.3) is 0 Å². The number of hydrogen-bond acceptors (Lipinski definition) is 2. The molecule has 0 amide bonds. The van der Waals surface area contributed by atoms with Crippen LogP contribution >= 0.6 is 11.6 Å². The SMILES string of the molecule is CCCN1c2cc(Cl)c(C=Nc3ccc(C(C)C)cc3)cc2C(C)CC1(C)C. The summed E-state index contributed by atoms with van der Waals surface area (Å²) >= 11 is 6.68. The largest absolute Gasteiger partial charge is 0.366 e. The summed E-state index contributed by atoms with van der Waals surface area (Å²) in [6.45, 7) is 14.7. The predicted molar refractivity (Wildman–Crippen MR) is 124 cm³/mol. The summed E-state index contributed by atoms with van der Waals surface area (Å²) in [5.74, 6) is 1.04. The molecule has 2 aromatic carbocycles. The van der Waals surface area contributed by atoms with Crippen LogP contribution in [0.2, 0.25) is 5.02 Å². The van der Waals surface area contributed by atoms with Gasteiger partial charge in [-0.25, -0.2) is 0 Å². The summed E-state index contributed by atoms with van der Waals surface area (Å²) in [7, 11) is 0. The molecule has 2 aromatic rings. The third-order valence-corrected chi connectivity index (χ3v) is 6.19. The lowest BCUT2D eigenvalue weighted by atomic mass is 9.79. The van der Waals surface area contributed by atoms with Gasteiger partial charge in [0.15, 0.2) is 0 Å². The molecule has 0 aliphatic carbocycles. The van der Waals surface area contributed by atoms with E-state index in [2.05, 4.69) is 87.8 Å². The van der Waals surface area contributed by atoms with Crippen LogP contribution in [0.15, 0.2) is 41.4 Å². The molecule has 3 heteroatoms. The van der Waals surface area contributed by atoms with Crippen LogP contribution in [-0.2, 0) is 0 Å². The maximum Gasteiger partial charge on any atom is 0.0630 e. The number of halogens is 1. The lowest BCUT2D eigenvalue weighted by Gasteiger charge is -2.47. The smallest absolute Gasteiger partial charge is 0.0630 e. The zero-order chi connectivity index (χ0) is 20.5. The van der Waals surface area contributed by atoms with Crippen molar-refractivity contribution in [2.75, 3.05) is 11.4 Å². The minimum absolute atomic E-state index is 0.152. The Labute approximate surface area is 175 Å². The first-order chi connectivity index (χ1) is 13.2. The fraction of sp³-hybridized carbons (Fsp3) is 0.480. The number of hydrogen-bond donors (Lipinski definition) is 0. The summed E-state index contributed by atoms with van der Waals surface area (Å²) in [4.78, 5) is 7.20. The molecule has 1 aliphatic rings. The fourth-order valence-electron chi connectivity index (χ4n) is 4.36. The van der Waals surface area contributed by atoms with Crippen LogP contribution in [0.3, 0.4) is 0 Å². The molecule has 1 aliphatic heterocycles. The maximum atomic E-state index is 6.68. The van der Waals surface area contributed by atoms with Crippen molar-refractivity contribution in [3.8, 4) is 0 Å². The van der Waals surface area contributed by atoms with Gasteiger partial charge in [-0.3, -0.25) is 4.99 Å². The van der Waals surface area contributed by atoms with Gasteiger partial charge < -0.3 is 4.90 Å². The second kappa shape index (κ2) is 8.29. The lowest BCUT2D eigenvalue weighted by molar-refractivity contribution is 0.376. The van der Waals surface area contributed by atoms with Crippen molar-refractivity contribution in [2.45, 2.75) is 71.8 Å². The molecule has 0 radical (unpaired) electrons. The van der Waals surface area contributed by atoms with Crippen molar-refractivity contribution in [1.29, 1.82) is 0 Å². The summed E-state index contributed by atoms with van der Waals surface area (Å²) in [6.07, 6.45) is 4.18. The van der Waals surface area contributed by atoms with E-state index in [9.17, 15) is 0 Å². The Kier molecular flexibility index (Phi) is 6.19. The van der Waals surface area contributed by atoms with Crippen LogP contribution in [0.1, 0.15) is 82.9 Å². The van der Waals surface area contributed by atoms with Crippen molar-refractivity contribution in [3.05, 3.63) is 58.1 Å². The highest BCUT2D eigenvalue weighted by Gasteiger charge is 2.36. The topological polar surface area (TPSA) is 15.6 Å². The van der Waals surface area contributed by atoms with Gasteiger partial charge in [-0.05, 0) is 73.9 Å². The second-order valence-electron chi connectivity index (χ2n) is 9.01. The molecular formula is C25H33ClN2. The summed E-state index contributed by atoms with van der Waals surface area (Å²) in [6, 6.07) is 12.8. The van der Waals surface area contributed by atoms with E-state index in [4.69, 9.17) is 11.6 Å². The van der Waals surface area contributed by atoms with Crippen LogP contribution in [-0.4, -0.2) is 18.3 Å². The van der Waals surface area contributed by atoms with Gasteiger partial charge in [0.2, 0.25) is 0 Å². The second-order valence-corrected chi connectivity index (χ2v) is 9.41. The van der Waals surface area contributed by atoms with Gasteiger partial charge in [-0.15, -0.1) is 0 Å². The molecule has 0 spiro atoms. The highest BCUT2D eigenvalue weighted by atomic mass is 35.5. The molecule has 0 saturated carbocycles. The molecule has 3 rings (SSSR count). The summed E-state index contributed by atoms with van der Waals surface area (Å²) in [5.41, 5.74) is 6.11. The molecule has 0 N–H and O–H groups in total. The van der Waals surface area contributed by atoms with Gasteiger partial charge in [0, 0.05) is 29.5 Å². The van der Waals surface area contributed by atoms with Gasteiger partial charge >= 0.3 is 0 Å². The van der Waals surface area contributed by atoms with E-state index in [1.807, 2.05) is 6.21 Å². The third-order valence-electron chi connectivity index (χ3n) is 5.86. The Morgan fingerprint density at radius 2 is 1.89 bits per heavy atom. The Morgan fingerprint density at radius 1 is 1.21 bits per heavy atom. The van der Waals surface area contributed by atoms with Crippen LogP contribution in [0.5, 0.6) is 0 Å². The molecule has 0 aromatic heterocycles. The minimum Gasteiger partial charge on any atom is -0.366 e. The number of benzene rings is 2. The minimum atomic E-state index is 0.152. The Morgan fingerprint density at radius 3 is 2.50 bits per heavy atom. The number of anilines is 1. The van der Waals surface area contributed by atoms with E-state index in [1.54, 1.807) is 0 Å². The molecular weight excluding hydrogens is 364 g/mol. The van der Waals surface area contributed by atoms with E-state index in [0.717, 1.165) is 35.7 Å². The van der Waals surface area contributed by atoms with Crippen molar-refractivity contribution in [1.82, 2.24) is 0 Å². The average molecular weight is 397 g/mol. The van der Waals surface area contributed by atoms with Crippen molar-refractivity contribution < 1.29 is 0 Å². The van der Waals surface area contributed by atoms with E-state index in [1.165, 1.54) is 16.8 Å². The molecule has 150 valence electrons. The Bertz CT molecular complexity index is 850. The third kappa shape index (κ3) is 4.27. The zero-order valence-corrected chi connectivity index (χ0v) is 18.8. The molecule has 0 saturated heterocycles. The van der Waals surface area contributed by atoms with Crippen LogP contribution in [0, 0.1) is 0 Å².